The first-order valence-electron chi connectivity index (χ1n) is 5.85. The number of hydrogen-bond acceptors (Lipinski definition) is 2. The quantitative estimate of drug-likeness (QED) is 0.581. The molecule has 1 saturated carbocycles. The molecule has 2 atom stereocenters. The van der Waals surface area contributed by atoms with Crippen molar-refractivity contribution in [3.63, 3.8) is 0 Å². The summed E-state index contributed by atoms with van der Waals surface area (Å²) in [5.74, 6) is 2.84. The van der Waals surface area contributed by atoms with Crippen molar-refractivity contribution in [1.29, 1.82) is 0 Å². The molecule has 16 heavy (non-hydrogen) atoms. The molecular formula is C13H22O3. The lowest BCUT2D eigenvalue weighted by atomic mass is 9.67. The first-order chi connectivity index (χ1) is 7.55. The van der Waals surface area contributed by atoms with Crippen molar-refractivity contribution in [3.05, 3.63) is 5.57 Å². The molecule has 3 heteroatoms. The molecule has 1 aliphatic carbocycles. The van der Waals surface area contributed by atoms with Crippen molar-refractivity contribution >= 4 is 12.4 Å². The van der Waals surface area contributed by atoms with E-state index in [2.05, 4.69) is 26.7 Å². The molecule has 0 aliphatic heterocycles. The molecule has 0 radical (unpaired) electrons. The van der Waals surface area contributed by atoms with Crippen LogP contribution in [0.5, 0.6) is 0 Å². The average molecular weight is 226 g/mol. The van der Waals surface area contributed by atoms with Crippen molar-refractivity contribution in [1.82, 2.24) is 0 Å². The van der Waals surface area contributed by atoms with Crippen LogP contribution in [0.2, 0.25) is 0 Å². The highest BCUT2D eigenvalue weighted by Gasteiger charge is 2.32. The summed E-state index contributed by atoms with van der Waals surface area (Å²) in [6.45, 7) is 6.49. The summed E-state index contributed by atoms with van der Waals surface area (Å²) in [5.41, 5.74) is 1.38. The fourth-order valence-corrected chi connectivity index (χ4v) is 2.41. The van der Waals surface area contributed by atoms with E-state index in [1.807, 2.05) is 0 Å². The monoisotopic (exact) mass is 226 g/mol. The minimum Gasteiger partial charge on any atom is -0.483 e. The normalized spacial score (nSPS) is 28.7. The van der Waals surface area contributed by atoms with Gasteiger partial charge in [-0.05, 0) is 30.6 Å². The van der Waals surface area contributed by atoms with Crippen LogP contribution in [0.4, 0.5) is 0 Å². The second-order valence-corrected chi connectivity index (χ2v) is 4.83. The number of allylic oxidation sites excluding steroid dienone is 1. The summed E-state index contributed by atoms with van der Waals surface area (Å²) in [6, 6.07) is 0. The smallest absolute Gasteiger partial charge is 0.290 e. The minimum absolute atomic E-state index is 0.250. The number of rotatable bonds is 2. The SMILES string of the molecule is CCC1CC(=C=O)CC(C)(CC)C1.O=CO. The largest absolute Gasteiger partial charge is 0.483 e. The Morgan fingerprint density at radius 3 is 2.50 bits per heavy atom. The molecule has 3 nitrogen and oxygen atoms in total. The first-order valence-corrected chi connectivity index (χ1v) is 5.85. The van der Waals surface area contributed by atoms with E-state index in [1.54, 1.807) is 0 Å². The second kappa shape index (κ2) is 7.24. The van der Waals surface area contributed by atoms with Gasteiger partial charge in [-0.15, -0.1) is 0 Å². The average Bonchev–Trinajstić information content (AvgIpc) is 2.29. The Kier molecular flexibility index (Phi) is 6.75. The molecule has 1 N–H and O–H groups in total. The van der Waals surface area contributed by atoms with E-state index in [9.17, 15) is 4.79 Å². The van der Waals surface area contributed by atoms with Crippen molar-refractivity contribution in [3.8, 4) is 0 Å². The summed E-state index contributed by atoms with van der Waals surface area (Å²) in [4.78, 5) is 19.0. The van der Waals surface area contributed by atoms with Crippen LogP contribution in [0, 0.1) is 11.3 Å². The Balaban J connectivity index is 0.000000673. The van der Waals surface area contributed by atoms with Crippen LogP contribution in [0.3, 0.4) is 0 Å². The number of hydrogen-bond donors (Lipinski definition) is 1. The molecule has 1 fully saturated rings. The zero-order valence-electron chi connectivity index (χ0n) is 10.5. The van der Waals surface area contributed by atoms with Crippen molar-refractivity contribution in [2.75, 3.05) is 0 Å². The first kappa shape index (κ1) is 14.9. The number of carboxylic acid groups (broad SMARTS) is 1. The predicted octanol–water partition coefficient (Wildman–Crippen LogP) is 3.07. The van der Waals surface area contributed by atoms with E-state index in [4.69, 9.17) is 9.90 Å². The highest BCUT2D eigenvalue weighted by atomic mass is 16.3. The van der Waals surface area contributed by atoms with Gasteiger partial charge < -0.3 is 5.11 Å². The van der Waals surface area contributed by atoms with Crippen LogP contribution in [0.25, 0.3) is 0 Å². The highest BCUT2D eigenvalue weighted by molar-refractivity contribution is 5.53. The van der Waals surface area contributed by atoms with Gasteiger partial charge in [0.25, 0.3) is 6.47 Å². The molecule has 1 rings (SSSR count). The summed E-state index contributed by atoms with van der Waals surface area (Å²) < 4.78 is 0. The van der Waals surface area contributed by atoms with E-state index in [1.165, 1.54) is 19.3 Å². The van der Waals surface area contributed by atoms with Gasteiger partial charge >= 0.3 is 0 Å². The van der Waals surface area contributed by atoms with Crippen LogP contribution < -0.4 is 0 Å². The summed E-state index contributed by atoms with van der Waals surface area (Å²) in [5, 5.41) is 6.89. The third-order valence-electron chi connectivity index (χ3n) is 3.53. The molecule has 0 spiro atoms. The van der Waals surface area contributed by atoms with Crippen LogP contribution in [-0.2, 0) is 9.59 Å². The Bertz CT molecular complexity index is 266. The van der Waals surface area contributed by atoms with E-state index in [0.717, 1.165) is 24.3 Å². The fraction of sp³-hybridized carbons (Fsp3) is 0.769. The molecular weight excluding hydrogens is 204 g/mol. The van der Waals surface area contributed by atoms with E-state index >= 15 is 0 Å². The molecule has 0 aromatic rings. The van der Waals surface area contributed by atoms with Crippen LogP contribution in [-0.4, -0.2) is 17.5 Å². The molecule has 0 amide bonds. The summed E-state index contributed by atoms with van der Waals surface area (Å²) in [6.07, 6.45) is 5.62. The summed E-state index contributed by atoms with van der Waals surface area (Å²) in [7, 11) is 0. The van der Waals surface area contributed by atoms with Crippen molar-refractivity contribution < 1.29 is 14.7 Å². The number of carbonyl (C=O) groups excluding carboxylic acids is 1. The van der Waals surface area contributed by atoms with Gasteiger partial charge in [0.2, 0.25) is 0 Å². The maximum absolute atomic E-state index is 10.7. The molecule has 92 valence electrons. The Hall–Kier alpha value is -1.08. The third kappa shape index (κ3) is 4.63. The molecule has 0 saturated heterocycles. The van der Waals surface area contributed by atoms with Crippen LogP contribution in [0.15, 0.2) is 5.57 Å². The molecule has 0 aromatic carbocycles. The third-order valence-corrected chi connectivity index (χ3v) is 3.53. The van der Waals surface area contributed by atoms with Crippen LogP contribution >= 0.6 is 0 Å². The van der Waals surface area contributed by atoms with Gasteiger partial charge in [-0.1, -0.05) is 33.6 Å². The van der Waals surface area contributed by atoms with E-state index in [-0.39, 0.29) is 6.47 Å². The predicted molar refractivity (Wildman–Crippen MR) is 63.9 cm³/mol. The van der Waals surface area contributed by atoms with Gasteiger partial charge in [-0.3, -0.25) is 4.79 Å². The van der Waals surface area contributed by atoms with Gasteiger partial charge in [-0.25, -0.2) is 4.79 Å². The molecule has 0 bridgehead atoms. The van der Waals surface area contributed by atoms with Gasteiger partial charge in [0.15, 0.2) is 0 Å². The number of carbonyl (C=O) groups is 1. The highest BCUT2D eigenvalue weighted by Crippen LogP contribution is 2.44. The lowest BCUT2D eigenvalue weighted by molar-refractivity contribution is -0.122. The molecule has 2 unspecified atom stereocenters. The fourth-order valence-electron chi connectivity index (χ4n) is 2.41. The maximum atomic E-state index is 10.7. The molecule has 0 aromatic heterocycles. The van der Waals surface area contributed by atoms with Crippen molar-refractivity contribution in [2.45, 2.75) is 52.9 Å². The van der Waals surface area contributed by atoms with Crippen molar-refractivity contribution in [2.24, 2.45) is 11.3 Å². The minimum atomic E-state index is -0.250. The summed E-state index contributed by atoms with van der Waals surface area (Å²) >= 11 is 0. The second-order valence-electron chi connectivity index (χ2n) is 4.83. The van der Waals surface area contributed by atoms with Gasteiger partial charge in [-0.2, -0.15) is 0 Å². The lowest BCUT2D eigenvalue weighted by Crippen LogP contribution is -2.26. The van der Waals surface area contributed by atoms with Gasteiger partial charge in [0.1, 0.15) is 5.94 Å². The van der Waals surface area contributed by atoms with Gasteiger partial charge in [0.05, 0.1) is 0 Å². The van der Waals surface area contributed by atoms with Gasteiger partial charge in [0, 0.05) is 5.57 Å². The van der Waals surface area contributed by atoms with E-state index < -0.39 is 0 Å². The Morgan fingerprint density at radius 1 is 1.56 bits per heavy atom. The Labute approximate surface area is 97.5 Å². The topological polar surface area (TPSA) is 54.4 Å². The standard InChI is InChI=1S/C12H20O.CH2O2/c1-4-10-6-11(9-13)8-12(3,5-2)7-10;2-1-3/h10H,4-8H2,1-3H3;1H,(H,2,3). The zero-order chi connectivity index (χ0) is 12.6. The van der Waals surface area contributed by atoms with E-state index in [0.29, 0.717) is 5.41 Å². The Morgan fingerprint density at radius 2 is 2.12 bits per heavy atom. The lowest BCUT2D eigenvalue weighted by Gasteiger charge is -2.37. The molecule has 1 aliphatic rings. The maximum Gasteiger partial charge on any atom is 0.290 e. The van der Waals surface area contributed by atoms with Crippen LogP contribution in [0.1, 0.15) is 52.9 Å². The molecule has 0 heterocycles. The zero-order valence-corrected chi connectivity index (χ0v) is 10.5.